The van der Waals surface area contributed by atoms with Crippen LogP contribution in [-0.2, 0) is 0 Å². The van der Waals surface area contributed by atoms with Gasteiger partial charge in [-0.15, -0.1) is 11.3 Å². The lowest BCUT2D eigenvalue weighted by Crippen LogP contribution is -2.10. The summed E-state index contributed by atoms with van der Waals surface area (Å²) in [7, 11) is 0. The van der Waals surface area contributed by atoms with Crippen molar-refractivity contribution in [1.29, 1.82) is 0 Å². The second kappa shape index (κ2) is 13.7. The summed E-state index contributed by atoms with van der Waals surface area (Å²) in [6.45, 7) is 0. The minimum Gasteiger partial charge on any atom is -0.310 e. The average Bonchev–Trinajstić information content (AvgIpc) is 3.63. The maximum atomic E-state index is 2.37. The van der Waals surface area contributed by atoms with E-state index in [9.17, 15) is 0 Å². The Bertz CT molecular complexity index is 2900. The van der Waals surface area contributed by atoms with Crippen LogP contribution in [0, 0.1) is 0 Å². The number of hydrogen-bond donors (Lipinski definition) is 0. The number of anilines is 3. The van der Waals surface area contributed by atoms with E-state index in [1.54, 1.807) is 0 Å². The van der Waals surface area contributed by atoms with Crippen LogP contribution in [0.4, 0.5) is 17.1 Å². The van der Waals surface area contributed by atoms with Gasteiger partial charge in [-0.2, -0.15) is 0 Å². The fraction of sp³-hybridized carbons (Fsp3) is 0. The number of nitrogens with zero attached hydrogens (tertiary/aromatic N) is 1. The van der Waals surface area contributed by atoms with Gasteiger partial charge in [-0.1, -0.05) is 164 Å². The van der Waals surface area contributed by atoms with Crippen LogP contribution < -0.4 is 4.90 Å². The summed E-state index contributed by atoms with van der Waals surface area (Å²) in [6, 6.07) is 77.1. The van der Waals surface area contributed by atoms with Crippen LogP contribution >= 0.6 is 11.3 Å². The molecule has 0 bridgehead atoms. The molecule has 0 aliphatic heterocycles. The summed E-state index contributed by atoms with van der Waals surface area (Å²) in [5.41, 5.74) is 13.0. The number of thiophene rings is 1. The molecule has 9 aromatic carbocycles. The third-order valence-corrected chi connectivity index (χ3v) is 11.6. The minimum atomic E-state index is 1.11. The van der Waals surface area contributed by atoms with Crippen LogP contribution in [0.5, 0.6) is 0 Å². The number of hydrogen-bond acceptors (Lipinski definition) is 2. The molecule has 1 nitrogen and oxygen atoms in total. The molecule has 0 atom stereocenters. The van der Waals surface area contributed by atoms with Crippen molar-refractivity contribution in [3.8, 4) is 44.5 Å². The van der Waals surface area contributed by atoms with E-state index < -0.39 is 0 Å². The highest BCUT2D eigenvalue weighted by Crippen LogP contribution is 2.41. The summed E-state index contributed by atoms with van der Waals surface area (Å²) in [5, 5.41) is 5.16. The maximum Gasteiger partial charge on any atom is 0.0467 e. The van der Waals surface area contributed by atoms with Crippen molar-refractivity contribution in [2.24, 2.45) is 0 Å². The summed E-state index contributed by atoms with van der Waals surface area (Å²) >= 11 is 1.86. The van der Waals surface area contributed by atoms with Gasteiger partial charge in [-0.25, -0.2) is 0 Å². The SMILES string of the molecule is c1ccc(-c2ccc(-c3ccc(N(c4ccc(-c5cccc6ccccc56)cc4)c4cccc(-c5ccc6c(c5)sc5ccccc56)c4)cc3)cc2)cc1. The van der Waals surface area contributed by atoms with Gasteiger partial charge >= 0.3 is 0 Å². The van der Waals surface area contributed by atoms with Gasteiger partial charge in [-0.3, -0.25) is 0 Å². The highest BCUT2D eigenvalue weighted by molar-refractivity contribution is 7.25. The van der Waals surface area contributed by atoms with E-state index in [2.05, 4.69) is 217 Å². The highest BCUT2D eigenvalue weighted by Gasteiger charge is 2.16. The Labute approximate surface area is 319 Å². The molecule has 0 amide bonds. The van der Waals surface area contributed by atoms with Crippen molar-refractivity contribution >= 4 is 59.3 Å². The van der Waals surface area contributed by atoms with Gasteiger partial charge in [0, 0.05) is 37.2 Å². The molecule has 2 heteroatoms. The van der Waals surface area contributed by atoms with Gasteiger partial charge in [0.25, 0.3) is 0 Å². The summed E-state index contributed by atoms with van der Waals surface area (Å²) < 4.78 is 2.64. The Morgan fingerprint density at radius 2 is 0.778 bits per heavy atom. The van der Waals surface area contributed by atoms with Gasteiger partial charge in [0.05, 0.1) is 0 Å². The molecule has 1 aromatic heterocycles. The van der Waals surface area contributed by atoms with Crippen molar-refractivity contribution < 1.29 is 0 Å². The fourth-order valence-electron chi connectivity index (χ4n) is 7.73. The molecule has 0 fully saturated rings. The van der Waals surface area contributed by atoms with Crippen molar-refractivity contribution in [3.63, 3.8) is 0 Å². The number of benzene rings is 9. The van der Waals surface area contributed by atoms with Gasteiger partial charge in [-0.05, 0) is 104 Å². The molecule has 0 aliphatic carbocycles. The average molecular weight is 706 g/mol. The van der Waals surface area contributed by atoms with E-state index in [0.29, 0.717) is 0 Å². The van der Waals surface area contributed by atoms with Crippen LogP contribution in [0.1, 0.15) is 0 Å². The number of rotatable bonds is 7. The van der Waals surface area contributed by atoms with Crippen molar-refractivity contribution in [3.05, 3.63) is 212 Å². The topological polar surface area (TPSA) is 3.24 Å². The normalized spacial score (nSPS) is 11.3. The number of fused-ring (bicyclic) bond motifs is 4. The largest absolute Gasteiger partial charge is 0.310 e. The molecule has 254 valence electrons. The second-order valence-corrected chi connectivity index (χ2v) is 14.8. The molecule has 54 heavy (non-hydrogen) atoms. The standard InChI is InChI=1S/C52H35NS/c1-2-10-36(11-3-1)37-20-22-38(23-21-37)39-24-29-44(30-25-39)53(45-31-26-41(27-32-45)48-18-9-13-40-12-4-5-16-47(40)48)46-15-8-14-42(34-46)43-28-33-50-49-17-6-7-19-51(49)54-52(50)35-43/h1-35H. The first-order valence-electron chi connectivity index (χ1n) is 18.4. The van der Waals surface area contributed by atoms with Crippen LogP contribution in [0.3, 0.4) is 0 Å². The Balaban J connectivity index is 1.04. The molecule has 0 aliphatic rings. The predicted molar refractivity (Wildman–Crippen MR) is 233 cm³/mol. The molecule has 10 aromatic rings. The lowest BCUT2D eigenvalue weighted by atomic mass is 9.98. The Hall–Kier alpha value is -6.74. The van der Waals surface area contributed by atoms with E-state index in [1.165, 1.54) is 75.5 Å². The minimum absolute atomic E-state index is 1.11. The molecule has 0 spiro atoms. The van der Waals surface area contributed by atoms with Crippen molar-refractivity contribution in [2.75, 3.05) is 4.90 Å². The van der Waals surface area contributed by atoms with Gasteiger partial charge in [0.2, 0.25) is 0 Å². The molecular formula is C52H35NS. The van der Waals surface area contributed by atoms with E-state index in [1.807, 2.05) is 11.3 Å². The monoisotopic (exact) mass is 705 g/mol. The zero-order valence-corrected chi connectivity index (χ0v) is 30.4. The van der Waals surface area contributed by atoms with Gasteiger partial charge in [0.15, 0.2) is 0 Å². The first-order chi connectivity index (χ1) is 26.7. The Kier molecular flexibility index (Phi) is 8.09. The molecule has 0 radical (unpaired) electrons. The molecule has 0 saturated carbocycles. The summed E-state index contributed by atoms with van der Waals surface area (Å²) in [4.78, 5) is 2.37. The third kappa shape index (κ3) is 5.93. The summed E-state index contributed by atoms with van der Waals surface area (Å²) in [6.07, 6.45) is 0. The van der Waals surface area contributed by atoms with Crippen molar-refractivity contribution in [1.82, 2.24) is 0 Å². The van der Waals surface area contributed by atoms with Crippen LogP contribution in [0.2, 0.25) is 0 Å². The molecule has 10 rings (SSSR count). The highest BCUT2D eigenvalue weighted by atomic mass is 32.1. The van der Waals surface area contributed by atoms with Crippen molar-refractivity contribution in [2.45, 2.75) is 0 Å². The third-order valence-electron chi connectivity index (χ3n) is 10.5. The smallest absolute Gasteiger partial charge is 0.0467 e. The molecule has 0 N–H and O–H groups in total. The second-order valence-electron chi connectivity index (χ2n) is 13.8. The van der Waals surface area contributed by atoms with Crippen LogP contribution in [0.15, 0.2) is 212 Å². The lowest BCUT2D eigenvalue weighted by Gasteiger charge is -2.26. The zero-order valence-electron chi connectivity index (χ0n) is 29.6. The lowest BCUT2D eigenvalue weighted by molar-refractivity contribution is 1.28. The van der Waals surface area contributed by atoms with Gasteiger partial charge in [0.1, 0.15) is 0 Å². The molecular weight excluding hydrogens is 671 g/mol. The first kappa shape index (κ1) is 32.0. The molecule has 0 saturated heterocycles. The fourth-order valence-corrected chi connectivity index (χ4v) is 8.88. The van der Waals surface area contributed by atoms with Crippen LogP contribution in [0.25, 0.3) is 75.5 Å². The van der Waals surface area contributed by atoms with E-state index in [4.69, 9.17) is 0 Å². The van der Waals surface area contributed by atoms with E-state index in [-0.39, 0.29) is 0 Å². The first-order valence-corrected chi connectivity index (χ1v) is 19.2. The quantitative estimate of drug-likeness (QED) is 0.160. The molecule has 1 heterocycles. The predicted octanol–water partition coefficient (Wildman–Crippen LogP) is 15.3. The maximum absolute atomic E-state index is 2.37. The van der Waals surface area contributed by atoms with E-state index in [0.717, 1.165) is 17.1 Å². The zero-order chi connectivity index (χ0) is 35.8. The van der Waals surface area contributed by atoms with E-state index >= 15 is 0 Å². The summed E-state index contributed by atoms with van der Waals surface area (Å²) in [5.74, 6) is 0. The van der Waals surface area contributed by atoms with Gasteiger partial charge < -0.3 is 4.90 Å². The van der Waals surface area contributed by atoms with Crippen LogP contribution in [-0.4, -0.2) is 0 Å². The molecule has 0 unspecified atom stereocenters. The Morgan fingerprint density at radius 3 is 1.52 bits per heavy atom. The Morgan fingerprint density at radius 1 is 0.278 bits per heavy atom.